The molecule has 0 saturated carbocycles. The molecule has 0 amide bonds. The van der Waals surface area contributed by atoms with E-state index >= 15 is 0 Å². The third kappa shape index (κ3) is 5.43. The molecule has 0 unspecified atom stereocenters. The second-order valence-corrected chi connectivity index (χ2v) is 9.06. The zero-order valence-electron chi connectivity index (χ0n) is 18.0. The zero-order valence-corrected chi connectivity index (χ0v) is 18.8. The first-order valence-electron chi connectivity index (χ1n) is 9.91. The maximum absolute atomic E-state index is 12.8. The Labute approximate surface area is 187 Å². The largest absolute Gasteiger partial charge is 0.377 e. The highest BCUT2D eigenvalue weighted by molar-refractivity contribution is 7.92. The summed E-state index contributed by atoms with van der Waals surface area (Å²) >= 11 is 0. The number of hydrogen-bond acceptors (Lipinski definition) is 6. The lowest BCUT2D eigenvalue weighted by Crippen LogP contribution is -2.16. The van der Waals surface area contributed by atoms with Crippen LogP contribution in [0.2, 0.25) is 0 Å². The minimum Gasteiger partial charge on any atom is -0.377 e. The number of methoxy groups -OCH3 is 1. The number of sulfonamides is 1. The van der Waals surface area contributed by atoms with E-state index in [0.717, 1.165) is 22.8 Å². The molecule has 168 valence electrons. The summed E-state index contributed by atoms with van der Waals surface area (Å²) in [5.74, 6) is 0. The van der Waals surface area contributed by atoms with Crippen LogP contribution < -0.4 is 10.0 Å². The monoisotopic (exact) mass is 455 g/mol. The fourth-order valence-corrected chi connectivity index (χ4v) is 4.47. The van der Waals surface area contributed by atoms with Crippen LogP contribution in [0.25, 0.3) is 0 Å². The Hall–Kier alpha value is -3.43. The number of nitro groups is 1. The first kappa shape index (κ1) is 23.2. The Kier molecular flexibility index (Phi) is 7.12. The van der Waals surface area contributed by atoms with Crippen LogP contribution in [0.5, 0.6) is 0 Å². The van der Waals surface area contributed by atoms with Crippen molar-refractivity contribution >= 4 is 27.1 Å². The van der Waals surface area contributed by atoms with E-state index in [2.05, 4.69) is 10.0 Å². The quantitative estimate of drug-likeness (QED) is 0.354. The van der Waals surface area contributed by atoms with Crippen LogP contribution in [0.1, 0.15) is 22.8 Å². The normalized spacial score (nSPS) is 12.2. The molecule has 0 spiro atoms. The van der Waals surface area contributed by atoms with E-state index in [4.69, 9.17) is 4.74 Å². The lowest BCUT2D eigenvalue weighted by Gasteiger charge is -2.17. The maximum atomic E-state index is 12.8. The molecule has 0 aliphatic heterocycles. The van der Waals surface area contributed by atoms with Crippen molar-refractivity contribution in [3.63, 3.8) is 0 Å². The molecule has 2 N–H and O–H groups in total. The zero-order chi connectivity index (χ0) is 23.3. The topological polar surface area (TPSA) is 111 Å². The van der Waals surface area contributed by atoms with Crippen molar-refractivity contribution in [2.24, 2.45) is 0 Å². The van der Waals surface area contributed by atoms with Gasteiger partial charge in [0.2, 0.25) is 0 Å². The molecule has 0 aliphatic carbocycles. The van der Waals surface area contributed by atoms with Crippen LogP contribution in [-0.4, -0.2) is 27.0 Å². The number of rotatable bonds is 9. The van der Waals surface area contributed by atoms with Gasteiger partial charge in [-0.3, -0.25) is 14.8 Å². The Morgan fingerprint density at radius 2 is 1.69 bits per heavy atom. The number of nitrogens with one attached hydrogen (secondary N) is 2. The minimum atomic E-state index is -4.01. The number of hydrogen-bond donors (Lipinski definition) is 2. The molecule has 0 bridgehead atoms. The first-order valence-corrected chi connectivity index (χ1v) is 11.4. The lowest BCUT2D eigenvalue weighted by atomic mass is 10.1. The molecule has 1 atom stereocenters. The highest BCUT2D eigenvalue weighted by Crippen LogP contribution is 2.30. The van der Waals surface area contributed by atoms with Crippen molar-refractivity contribution < 1.29 is 18.1 Å². The van der Waals surface area contributed by atoms with E-state index in [0.29, 0.717) is 5.69 Å². The average Bonchev–Trinajstić information content (AvgIpc) is 2.76. The minimum absolute atomic E-state index is 0.193. The Morgan fingerprint density at radius 1 is 1.00 bits per heavy atom. The van der Waals surface area contributed by atoms with Gasteiger partial charge in [0, 0.05) is 19.7 Å². The third-order valence-electron chi connectivity index (χ3n) is 5.04. The van der Waals surface area contributed by atoms with Gasteiger partial charge < -0.3 is 10.1 Å². The molecule has 0 heterocycles. The summed E-state index contributed by atoms with van der Waals surface area (Å²) in [5, 5.41) is 14.7. The number of anilines is 2. The van der Waals surface area contributed by atoms with Gasteiger partial charge in [-0.05, 0) is 43.2 Å². The van der Waals surface area contributed by atoms with Crippen LogP contribution in [0, 0.1) is 24.0 Å². The lowest BCUT2D eigenvalue weighted by molar-refractivity contribution is -0.384. The molecule has 0 fully saturated rings. The molecule has 0 radical (unpaired) electrons. The Balaban J connectivity index is 1.84. The van der Waals surface area contributed by atoms with Crippen LogP contribution in [0.3, 0.4) is 0 Å². The summed E-state index contributed by atoms with van der Waals surface area (Å²) in [5.41, 5.74) is 2.97. The number of ether oxygens (including phenoxy) is 1. The molecule has 8 nitrogen and oxygen atoms in total. The van der Waals surface area contributed by atoms with Crippen molar-refractivity contribution in [3.8, 4) is 0 Å². The van der Waals surface area contributed by atoms with Crippen molar-refractivity contribution in [1.29, 1.82) is 0 Å². The van der Waals surface area contributed by atoms with Crippen LogP contribution in [0.4, 0.5) is 17.1 Å². The van der Waals surface area contributed by atoms with Crippen molar-refractivity contribution in [3.05, 3.63) is 93.5 Å². The summed E-state index contributed by atoms with van der Waals surface area (Å²) in [6, 6.07) is 18.6. The van der Waals surface area contributed by atoms with Crippen LogP contribution >= 0.6 is 0 Å². The second kappa shape index (κ2) is 9.80. The smallest absolute Gasteiger partial charge is 0.293 e. The van der Waals surface area contributed by atoms with Gasteiger partial charge >= 0.3 is 0 Å². The molecule has 0 aromatic heterocycles. The van der Waals surface area contributed by atoms with Crippen molar-refractivity contribution in [1.82, 2.24) is 0 Å². The Bertz CT molecular complexity index is 1210. The standard InChI is InChI=1S/C23H25N3O5S/c1-16-9-11-20(17(2)13-16)25-32(29,30)19-10-12-21(22(14-19)26(27)28)24-15-23(31-3)18-7-5-4-6-8-18/h4-14,23-25H,15H2,1-3H3/t23-/m0/s1. The number of aryl methyl sites for hydroxylation is 2. The number of nitrogens with zero attached hydrogens (tertiary/aromatic N) is 1. The van der Waals surface area contributed by atoms with Gasteiger partial charge in [0.1, 0.15) is 5.69 Å². The summed E-state index contributed by atoms with van der Waals surface area (Å²) in [4.78, 5) is 10.9. The number of nitro benzene ring substituents is 1. The highest BCUT2D eigenvalue weighted by atomic mass is 32.2. The van der Waals surface area contributed by atoms with Crippen LogP contribution in [-0.2, 0) is 14.8 Å². The molecular weight excluding hydrogens is 430 g/mol. The van der Waals surface area contributed by atoms with E-state index in [1.807, 2.05) is 43.3 Å². The van der Waals surface area contributed by atoms with Gasteiger partial charge in [0.25, 0.3) is 15.7 Å². The second-order valence-electron chi connectivity index (χ2n) is 7.38. The highest BCUT2D eigenvalue weighted by Gasteiger charge is 2.23. The predicted molar refractivity (Wildman–Crippen MR) is 125 cm³/mol. The molecule has 0 aliphatic rings. The molecule has 3 aromatic carbocycles. The summed E-state index contributed by atoms with van der Waals surface area (Å²) in [7, 11) is -2.45. The van der Waals surface area contributed by atoms with E-state index in [9.17, 15) is 18.5 Å². The van der Waals surface area contributed by atoms with E-state index < -0.39 is 14.9 Å². The SMILES string of the molecule is CO[C@@H](CNc1ccc(S(=O)(=O)Nc2ccc(C)cc2C)cc1[N+](=O)[O-])c1ccccc1. The van der Waals surface area contributed by atoms with Gasteiger partial charge in [0.05, 0.1) is 21.6 Å². The van der Waals surface area contributed by atoms with Crippen LogP contribution in [0.15, 0.2) is 71.6 Å². The Morgan fingerprint density at radius 3 is 2.31 bits per heavy atom. The van der Waals surface area contributed by atoms with Gasteiger partial charge in [-0.1, -0.05) is 48.0 Å². The fraction of sp³-hybridized carbons (Fsp3) is 0.217. The fourth-order valence-electron chi connectivity index (χ4n) is 3.32. The van der Waals surface area contributed by atoms with Gasteiger partial charge in [-0.15, -0.1) is 0 Å². The number of benzene rings is 3. The van der Waals surface area contributed by atoms with E-state index in [1.54, 1.807) is 26.2 Å². The van der Waals surface area contributed by atoms with Crippen molar-refractivity contribution in [2.75, 3.05) is 23.7 Å². The van der Waals surface area contributed by atoms with Gasteiger partial charge in [0.15, 0.2) is 0 Å². The maximum Gasteiger partial charge on any atom is 0.293 e. The average molecular weight is 456 g/mol. The summed E-state index contributed by atoms with van der Waals surface area (Å²) < 4.78 is 33.7. The molecule has 0 saturated heterocycles. The molecular formula is C23H25N3O5S. The molecule has 3 aromatic rings. The first-order chi connectivity index (χ1) is 15.2. The molecule has 3 rings (SSSR count). The van der Waals surface area contributed by atoms with E-state index in [-0.39, 0.29) is 28.9 Å². The third-order valence-corrected chi connectivity index (χ3v) is 6.40. The van der Waals surface area contributed by atoms with E-state index in [1.165, 1.54) is 12.1 Å². The summed E-state index contributed by atoms with van der Waals surface area (Å²) in [6.45, 7) is 3.97. The van der Waals surface area contributed by atoms with Crippen molar-refractivity contribution in [2.45, 2.75) is 24.8 Å². The molecule has 32 heavy (non-hydrogen) atoms. The van der Waals surface area contributed by atoms with Gasteiger partial charge in [-0.2, -0.15) is 0 Å². The summed E-state index contributed by atoms with van der Waals surface area (Å²) in [6.07, 6.45) is -0.328. The van der Waals surface area contributed by atoms with Gasteiger partial charge in [-0.25, -0.2) is 8.42 Å². The molecule has 9 heteroatoms. The predicted octanol–water partition coefficient (Wildman–Crippen LogP) is 4.81.